The molecule has 7 nitrogen and oxygen atoms in total. The lowest BCUT2D eigenvalue weighted by molar-refractivity contribution is -0.113. The van der Waals surface area contributed by atoms with Crippen LogP contribution in [0, 0.1) is 0 Å². The molecule has 184 valence electrons. The van der Waals surface area contributed by atoms with E-state index in [9.17, 15) is 18.0 Å². The Bertz CT molecular complexity index is 1320. The third-order valence-corrected chi connectivity index (χ3v) is 8.63. The minimum atomic E-state index is -3.88. The highest BCUT2D eigenvalue weighted by Gasteiger charge is 2.30. The summed E-state index contributed by atoms with van der Waals surface area (Å²) in [6, 6.07) is 15.8. The summed E-state index contributed by atoms with van der Waals surface area (Å²) in [5.74, 6) is -1.98. The highest BCUT2D eigenvalue weighted by atomic mass is 35.5. The molecule has 1 aliphatic heterocycles. The molecule has 10 heteroatoms. The lowest BCUT2D eigenvalue weighted by atomic mass is 10.0. The predicted octanol–water partition coefficient (Wildman–Crippen LogP) is 4.55. The summed E-state index contributed by atoms with van der Waals surface area (Å²) in [6.07, 6.45) is 0.631. The zero-order chi connectivity index (χ0) is 25.0. The molecule has 1 aromatic heterocycles. The minimum Gasteiger partial charge on any atom is -0.462 e. The first kappa shape index (κ1) is 25.4. The van der Waals surface area contributed by atoms with Crippen LogP contribution >= 0.6 is 22.9 Å². The zero-order valence-corrected chi connectivity index (χ0v) is 21.5. The monoisotopic (exact) mass is 532 g/mol. The summed E-state index contributed by atoms with van der Waals surface area (Å²) in [5.41, 5.74) is 2.37. The van der Waals surface area contributed by atoms with Crippen molar-refractivity contribution in [2.45, 2.75) is 31.3 Å². The van der Waals surface area contributed by atoms with Gasteiger partial charge >= 0.3 is 5.97 Å². The third-order valence-electron chi connectivity index (χ3n) is 5.61. The van der Waals surface area contributed by atoms with Crippen molar-refractivity contribution in [2.24, 2.45) is 0 Å². The summed E-state index contributed by atoms with van der Waals surface area (Å²) < 4.78 is 30.6. The van der Waals surface area contributed by atoms with E-state index in [1.807, 2.05) is 18.2 Å². The number of nitrogens with zero attached hydrogens (tertiary/aromatic N) is 1. The van der Waals surface area contributed by atoms with Crippen LogP contribution in [0.5, 0.6) is 0 Å². The number of anilines is 1. The normalized spacial score (nSPS) is 13.8. The Morgan fingerprint density at radius 2 is 1.83 bits per heavy atom. The number of thiophene rings is 1. The molecule has 0 bridgehead atoms. The van der Waals surface area contributed by atoms with Gasteiger partial charge in [-0.2, -0.15) is 0 Å². The van der Waals surface area contributed by atoms with Crippen molar-refractivity contribution in [1.82, 2.24) is 4.90 Å². The predicted molar refractivity (Wildman–Crippen MR) is 137 cm³/mol. The molecule has 0 fully saturated rings. The van der Waals surface area contributed by atoms with Crippen molar-refractivity contribution in [3.8, 4) is 0 Å². The molecule has 4 rings (SSSR count). The van der Waals surface area contributed by atoms with E-state index in [2.05, 4.69) is 22.3 Å². The highest BCUT2D eigenvalue weighted by molar-refractivity contribution is 7.92. The van der Waals surface area contributed by atoms with Crippen LogP contribution in [0.15, 0.2) is 59.5 Å². The Morgan fingerprint density at radius 1 is 1.11 bits per heavy atom. The van der Waals surface area contributed by atoms with Gasteiger partial charge in [-0.1, -0.05) is 41.9 Å². The fourth-order valence-electron chi connectivity index (χ4n) is 4.00. The van der Waals surface area contributed by atoms with Crippen LogP contribution in [-0.4, -0.2) is 44.1 Å². The van der Waals surface area contributed by atoms with E-state index >= 15 is 0 Å². The number of benzene rings is 2. The zero-order valence-electron chi connectivity index (χ0n) is 19.1. The molecule has 1 amide bonds. The second-order valence-electron chi connectivity index (χ2n) is 8.14. The fourth-order valence-corrected chi connectivity index (χ4v) is 6.56. The van der Waals surface area contributed by atoms with Gasteiger partial charge in [0.05, 0.1) is 17.1 Å². The topological polar surface area (TPSA) is 92.8 Å². The molecule has 0 aliphatic carbocycles. The van der Waals surface area contributed by atoms with Gasteiger partial charge in [-0.25, -0.2) is 13.2 Å². The van der Waals surface area contributed by atoms with E-state index in [0.29, 0.717) is 28.6 Å². The molecule has 2 heterocycles. The van der Waals surface area contributed by atoms with Gasteiger partial charge in [0.1, 0.15) is 10.8 Å². The Balaban J connectivity index is 1.54. The van der Waals surface area contributed by atoms with Crippen molar-refractivity contribution in [3.05, 3.63) is 81.2 Å². The van der Waals surface area contributed by atoms with E-state index in [0.717, 1.165) is 23.5 Å². The van der Waals surface area contributed by atoms with Gasteiger partial charge in [-0.3, -0.25) is 9.69 Å². The number of amides is 1. The number of esters is 1. The Kier molecular flexibility index (Phi) is 7.91. The summed E-state index contributed by atoms with van der Waals surface area (Å²) >= 11 is 7.13. The number of nitrogens with one attached hydrogen (secondary N) is 1. The number of hydrogen-bond donors (Lipinski definition) is 1. The van der Waals surface area contributed by atoms with E-state index in [1.165, 1.54) is 41.2 Å². The van der Waals surface area contributed by atoms with Crippen LogP contribution in [0.2, 0.25) is 5.02 Å². The number of fused-ring (bicyclic) bond motifs is 1. The summed E-state index contributed by atoms with van der Waals surface area (Å²) in [6.45, 7) is 4.06. The SMILES string of the molecule is CCOC(=O)c1c(NC(=O)CS(=O)(=O)c2ccc(Cl)cc2)sc2c1CCN(Cc1ccccc1)C2. The van der Waals surface area contributed by atoms with Crippen molar-refractivity contribution < 1.29 is 22.7 Å². The Hall–Kier alpha value is -2.72. The summed E-state index contributed by atoms with van der Waals surface area (Å²) in [4.78, 5) is 28.8. The molecular weight excluding hydrogens is 508 g/mol. The van der Waals surface area contributed by atoms with Gasteiger partial charge in [-0.05, 0) is 48.7 Å². The van der Waals surface area contributed by atoms with Gasteiger partial charge < -0.3 is 10.1 Å². The quantitative estimate of drug-likeness (QED) is 0.428. The number of ether oxygens (including phenoxy) is 1. The number of halogens is 1. The molecule has 3 aromatic rings. The third kappa shape index (κ3) is 6.10. The lowest BCUT2D eigenvalue weighted by Gasteiger charge is -2.27. The van der Waals surface area contributed by atoms with Gasteiger partial charge in [0.15, 0.2) is 9.84 Å². The van der Waals surface area contributed by atoms with Crippen LogP contribution in [0.1, 0.15) is 33.3 Å². The first-order valence-electron chi connectivity index (χ1n) is 11.1. The molecule has 0 spiro atoms. The van der Waals surface area contributed by atoms with Crippen LogP contribution < -0.4 is 5.32 Å². The molecule has 0 atom stereocenters. The second-order valence-corrected chi connectivity index (χ2v) is 11.7. The molecule has 0 saturated heterocycles. The van der Waals surface area contributed by atoms with Crippen molar-refractivity contribution >= 4 is 49.7 Å². The highest BCUT2D eigenvalue weighted by Crippen LogP contribution is 2.38. The summed E-state index contributed by atoms with van der Waals surface area (Å²) in [7, 11) is -3.88. The van der Waals surface area contributed by atoms with Crippen molar-refractivity contribution in [3.63, 3.8) is 0 Å². The van der Waals surface area contributed by atoms with Crippen LogP contribution in [0.25, 0.3) is 0 Å². The minimum absolute atomic E-state index is 0.00435. The van der Waals surface area contributed by atoms with Gasteiger partial charge in [0, 0.05) is 29.5 Å². The first-order valence-corrected chi connectivity index (χ1v) is 14.0. The van der Waals surface area contributed by atoms with Crippen molar-refractivity contribution in [2.75, 3.05) is 24.2 Å². The number of hydrogen-bond acceptors (Lipinski definition) is 7. The van der Waals surface area contributed by atoms with Crippen molar-refractivity contribution in [1.29, 1.82) is 0 Å². The smallest absolute Gasteiger partial charge is 0.341 e. The maximum atomic E-state index is 12.8. The second kappa shape index (κ2) is 10.9. The molecule has 35 heavy (non-hydrogen) atoms. The Morgan fingerprint density at radius 3 is 2.51 bits per heavy atom. The maximum Gasteiger partial charge on any atom is 0.341 e. The lowest BCUT2D eigenvalue weighted by Crippen LogP contribution is -2.30. The van der Waals surface area contributed by atoms with E-state index < -0.39 is 27.5 Å². The molecule has 0 unspecified atom stereocenters. The maximum absolute atomic E-state index is 12.8. The summed E-state index contributed by atoms with van der Waals surface area (Å²) in [5, 5.41) is 3.39. The molecule has 0 saturated carbocycles. The number of carbonyl (C=O) groups is 2. The number of rotatable bonds is 8. The first-order chi connectivity index (χ1) is 16.8. The molecular formula is C25H25ClN2O5S2. The molecule has 0 radical (unpaired) electrons. The standard InChI is InChI=1S/C25H25ClN2O5S2/c1-2-33-25(30)23-20-12-13-28(14-17-6-4-3-5-7-17)15-21(20)34-24(23)27-22(29)16-35(31,32)19-10-8-18(26)9-11-19/h3-11H,2,12-16H2,1H3,(H,27,29). The largest absolute Gasteiger partial charge is 0.462 e. The number of carbonyl (C=O) groups excluding carboxylic acids is 2. The molecule has 2 aromatic carbocycles. The van der Waals surface area contributed by atoms with Gasteiger partial charge in [0.25, 0.3) is 0 Å². The number of sulfone groups is 1. The Labute approximate surface area is 213 Å². The molecule has 1 aliphatic rings. The van der Waals surface area contributed by atoms with E-state index in [4.69, 9.17) is 16.3 Å². The average Bonchev–Trinajstić information content (AvgIpc) is 3.16. The van der Waals surface area contributed by atoms with Gasteiger partial charge in [-0.15, -0.1) is 11.3 Å². The van der Waals surface area contributed by atoms with Gasteiger partial charge in [0.2, 0.25) is 5.91 Å². The van der Waals surface area contributed by atoms with Crippen LogP contribution in [-0.2, 0) is 38.9 Å². The van der Waals surface area contributed by atoms with E-state index in [1.54, 1.807) is 6.92 Å². The average molecular weight is 533 g/mol. The molecule has 1 N–H and O–H groups in total. The van der Waals surface area contributed by atoms with Crippen LogP contribution in [0.3, 0.4) is 0 Å². The fraction of sp³-hybridized carbons (Fsp3) is 0.280. The van der Waals surface area contributed by atoms with Crippen LogP contribution in [0.4, 0.5) is 5.00 Å². The van der Waals surface area contributed by atoms with E-state index in [-0.39, 0.29) is 11.5 Å².